The summed E-state index contributed by atoms with van der Waals surface area (Å²) in [5.74, 6) is -1.02. The Balaban J connectivity index is 4.26. The number of esters is 3. The van der Waals surface area contributed by atoms with E-state index in [9.17, 15) is 14.4 Å². The van der Waals surface area contributed by atoms with Crippen molar-refractivity contribution < 1.29 is 28.6 Å². The summed E-state index contributed by atoms with van der Waals surface area (Å²) in [7, 11) is 0. The van der Waals surface area contributed by atoms with E-state index in [1.54, 1.807) is 6.08 Å². The minimum absolute atomic E-state index is 0.102. The van der Waals surface area contributed by atoms with Gasteiger partial charge in [-0.1, -0.05) is 332 Å². The SMILES string of the molecule is CC/C=C\C/C=C\C/C=C\C/C=C\C/C=C\CC(=O)OC(COC(=O)CCCCCCCCCCCCCCCC)COC(=O)CCCCCCCCCCCCCCCCCCCCCCCCCCCCC. The van der Waals surface area contributed by atoms with Crippen LogP contribution in [0, 0.1) is 0 Å². The number of hydrogen-bond acceptors (Lipinski definition) is 6. The molecule has 0 spiro atoms. The first-order chi connectivity index (χ1) is 36.5. The van der Waals surface area contributed by atoms with Gasteiger partial charge in [0.05, 0.1) is 6.42 Å². The fraction of sp³-hybridized carbons (Fsp3) is 0.809. The number of hydrogen-bond donors (Lipinski definition) is 0. The van der Waals surface area contributed by atoms with Gasteiger partial charge >= 0.3 is 17.9 Å². The van der Waals surface area contributed by atoms with Gasteiger partial charge in [0.25, 0.3) is 0 Å². The van der Waals surface area contributed by atoms with Crippen LogP contribution in [0.1, 0.15) is 335 Å². The molecule has 0 saturated heterocycles. The van der Waals surface area contributed by atoms with Crippen LogP contribution in [0.4, 0.5) is 0 Å². The van der Waals surface area contributed by atoms with E-state index in [-0.39, 0.29) is 31.6 Å². The quantitative estimate of drug-likeness (QED) is 0.0261. The van der Waals surface area contributed by atoms with Crippen molar-refractivity contribution in [3.05, 3.63) is 60.8 Å². The highest BCUT2D eigenvalue weighted by atomic mass is 16.6. The molecule has 430 valence electrons. The van der Waals surface area contributed by atoms with Crippen LogP contribution in [0.2, 0.25) is 0 Å². The second-order valence-electron chi connectivity index (χ2n) is 21.7. The van der Waals surface area contributed by atoms with Crippen LogP contribution in [0.15, 0.2) is 60.8 Å². The van der Waals surface area contributed by atoms with Crippen molar-refractivity contribution in [3.8, 4) is 0 Å². The van der Waals surface area contributed by atoms with Gasteiger partial charge in [-0.05, 0) is 44.9 Å². The molecule has 6 nitrogen and oxygen atoms in total. The van der Waals surface area contributed by atoms with E-state index in [0.717, 1.165) is 70.6 Å². The van der Waals surface area contributed by atoms with Crippen molar-refractivity contribution in [3.63, 3.8) is 0 Å². The molecule has 0 aromatic carbocycles. The Kier molecular flexibility index (Phi) is 60.2. The molecule has 0 saturated carbocycles. The Labute approximate surface area is 460 Å². The number of carbonyl (C=O) groups is 3. The van der Waals surface area contributed by atoms with Crippen molar-refractivity contribution in [1.29, 1.82) is 0 Å². The first-order valence-corrected chi connectivity index (χ1v) is 32.3. The van der Waals surface area contributed by atoms with Crippen molar-refractivity contribution in [1.82, 2.24) is 0 Å². The van der Waals surface area contributed by atoms with Gasteiger partial charge in [-0.15, -0.1) is 0 Å². The zero-order chi connectivity index (χ0) is 53.6. The van der Waals surface area contributed by atoms with Crippen LogP contribution in [0.25, 0.3) is 0 Å². The second-order valence-corrected chi connectivity index (χ2v) is 21.7. The average Bonchev–Trinajstić information content (AvgIpc) is 3.40. The summed E-state index contributed by atoms with van der Waals surface area (Å²) in [6, 6.07) is 0. The lowest BCUT2D eigenvalue weighted by atomic mass is 10.0. The van der Waals surface area contributed by atoms with Crippen molar-refractivity contribution in [2.45, 2.75) is 341 Å². The maximum absolute atomic E-state index is 12.8. The van der Waals surface area contributed by atoms with E-state index in [4.69, 9.17) is 14.2 Å². The molecule has 0 aliphatic rings. The first-order valence-electron chi connectivity index (χ1n) is 32.3. The zero-order valence-corrected chi connectivity index (χ0v) is 49.4. The van der Waals surface area contributed by atoms with Gasteiger partial charge in [-0.2, -0.15) is 0 Å². The van der Waals surface area contributed by atoms with Gasteiger partial charge in [-0.25, -0.2) is 0 Å². The minimum atomic E-state index is -0.826. The van der Waals surface area contributed by atoms with E-state index in [1.807, 2.05) is 6.08 Å². The number of ether oxygens (including phenoxy) is 3. The van der Waals surface area contributed by atoms with E-state index >= 15 is 0 Å². The Morgan fingerprint density at radius 3 is 0.770 bits per heavy atom. The molecule has 0 N–H and O–H groups in total. The molecule has 0 aliphatic heterocycles. The Morgan fingerprint density at radius 2 is 0.514 bits per heavy atom. The van der Waals surface area contributed by atoms with Gasteiger partial charge in [0.2, 0.25) is 0 Å². The maximum Gasteiger partial charge on any atom is 0.310 e. The van der Waals surface area contributed by atoms with Crippen LogP contribution in [-0.2, 0) is 28.6 Å². The van der Waals surface area contributed by atoms with Gasteiger partial charge in [0, 0.05) is 12.8 Å². The Morgan fingerprint density at radius 1 is 0.284 bits per heavy atom. The average molecular weight is 1040 g/mol. The molecule has 1 unspecified atom stereocenters. The first kappa shape index (κ1) is 71.1. The summed E-state index contributed by atoms with van der Waals surface area (Å²) in [4.78, 5) is 38.2. The summed E-state index contributed by atoms with van der Waals surface area (Å²) >= 11 is 0. The van der Waals surface area contributed by atoms with Gasteiger partial charge in [0.1, 0.15) is 13.2 Å². The van der Waals surface area contributed by atoms with Gasteiger partial charge < -0.3 is 14.2 Å². The fourth-order valence-corrected chi connectivity index (χ4v) is 9.52. The third-order valence-corrected chi connectivity index (χ3v) is 14.3. The Hall–Kier alpha value is -2.89. The predicted molar refractivity (Wildman–Crippen MR) is 321 cm³/mol. The van der Waals surface area contributed by atoms with Gasteiger partial charge in [-0.3, -0.25) is 14.4 Å². The lowest BCUT2D eigenvalue weighted by Crippen LogP contribution is -2.30. The molecule has 0 aromatic heterocycles. The molecule has 0 radical (unpaired) electrons. The molecule has 0 bridgehead atoms. The van der Waals surface area contributed by atoms with Crippen LogP contribution in [0.5, 0.6) is 0 Å². The largest absolute Gasteiger partial charge is 0.462 e. The van der Waals surface area contributed by atoms with Crippen LogP contribution < -0.4 is 0 Å². The minimum Gasteiger partial charge on any atom is -0.462 e. The second kappa shape index (κ2) is 62.6. The highest BCUT2D eigenvalue weighted by Crippen LogP contribution is 2.18. The molecule has 0 rings (SSSR count). The molecule has 0 aromatic rings. The van der Waals surface area contributed by atoms with E-state index in [0.29, 0.717) is 12.8 Å². The van der Waals surface area contributed by atoms with Crippen LogP contribution >= 0.6 is 0 Å². The maximum atomic E-state index is 12.8. The number of carbonyl (C=O) groups excluding carboxylic acids is 3. The molecule has 0 fully saturated rings. The van der Waals surface area contributed by atoms with E-state index < -0.39 is 12.1 Å². The van der Waals surface area contributed by atoms with Crippen molar-refractivity contribution in [2.75, 3.05) is 13.2 Å². The Bertz CT molecular complexity index is 1330. The zero-order valence-electron chi connectivity index (χ0n) is 49.4. The van der Waals surface area contributed by atoms with Crippen molar-refractivity contribution in [2.24, 2.45) is 0 Å². The standard InChI is InChI=1S/C68H122O6/c1-4-7-10-13-16-19-22-25-28-29-30-31-32-33-34-35-36-37-38-39-41-43-46-49-52-55-58-61-67(70)73-64-65(63-72-66(69)60-57-54-51-48-45-42-27-24-21-18-15-12-9-6-3)74-68(71)62-59-56-53-50-47-44-40-26-23-20-17-14-11-8-5-2/h8,11,17,20,26,40,47,50,56,59,65H,4-7,9-10,12-16,18-19,21-25,27-39,41-46,48-49,51-55,57-58,60-64H2,1-3H3/b11-8-,20-17-,40-26-,50-47-,59-56-. The van der Waals surface area contributed by atoms with E-state index in [1.165, 1.54) is 225 Å². The van der Waals surface area contributed by atoms with Crippen LogP contribution in [-0.4, -0.2) is 37.2 Å². The lowest BCUT2D eigenvalue weighted by Gasteiger charge is -2.18. The smallest absolute Gasteiger partial charge is 0.310 e. The van der Waals surface area contributed by atoms with E-state index in [2.05, 4.69) is 69.4 Å². The molecule has 74 heavy (non-hydrogen) atoms. The fourth-order valence-electron chi connectivity index (χ4n) is 9.52. The molecule has 0 amide bonds. The molecule has 6 heteroatoms. The normalized spacial score (nSPS) is 12.4. The number of unbranched alkanes of at least 4 members (excludes halogenated alkanes) is 39. The van der Waals surface area contributed by atoms with Gasteiger partial charge in [0.15, 0.2) is 6.10 Å². The predicted octanol–water partition coefficient (Wildman–Crippen LogP) is 21.9. The lowest BCUT2D eigenvalue weighted by molar-refractivity contribution is -0.166. The molecule has 0 aliphatic carbocycles. The molecule has 0 heterocycles. The molecular formula is C68H122O6. The summed E-state index contributed by atoms with van der Waals surface area (Å²) < 4.78 is 16.8. The topological polar surface area (TPSA) is 78.9 Å². The molecular weight excluding hydrogens is 913 g/mol. The summed E-state index contributed by atoms with van der Waals surface area (Å²) in [5, 5.41) is 0. The summed E-state index contributed by atoms with van der Waals surface area (Å²) in [6.45, 7) is 6.49. The number of allylic oxidation sites excluding steroid dienone is 9. The highest BCUT2D eigenvalue weighted by molar-refractivity contribution is 5.72. The summed E-state index contributed by atoms with van der Waals surface area (Å²) in [5.41, 5.74) is 0. The monoisotopic (exact) mass is 1030 g/mol. The third kappa shape index (κ3) is 60.0. The molecule has 1 atom stereocenters. The highest BCUT2D eigenvalue weighted by Gasteiger charge is 2.19. The number of rotatable bonds is 59. The van der Waals surface area contributed by atoms with Crippen LogP contribution in [0.3, 0.4) is 0 Å². The third-order valence-electron chi connectivity index (χ3n) is 14.3. The summed E-state index contributed by atoms with van der Waals surface area (Å²) in [6.07, 6.45) is 79.9. The van der Waals surface area contributed by atoms with Crippen molar-refractivity contribution >= 4 is 17.9 Å².